The Hall–Kier alpha value is -0.750. The third-order valence-corrected chi connectivity index (χ3v) is 1.90. The van der Waals surface area contributed by atoms with Crippen molar-refractivity contribution in [2.24, 2.45) is 5.73 Å². The normalized spacial score (nSPS) is 12.1. The van der Waals surface area contributed by atoms with Crippen molar-refractivity contribution in [1.29, 1.82) is 5.41 Å². The molecule has 0 radical (unpaired) electrons. The first-order valence-corrected chi connectivity index (χ1v) is 5.17. The van der Waals surface area contributed by atoms with E-state index >= 15 is 0 Å². The molecule has 0 aliphatic heterocycles. The molecule has 1 atom stereocenters. The Balaban J connectivity index is 3.40. The second-order valence-corrected chi connectivity index (χ2v) is 3.36. The lowest BCUT2D eigenvalue weighted by Crippen LogP contribution is -2.07. The van der Waals surface area contributed by atoms with Gasteiger partial charge in [0.25, 0.3) is 11.1 Å². The maximum Gasteiger partial charge on any atom is 0.320 e. The van der Waals surface area contributed by atoms with Crippen LogP contribution < -0.4 is 5.73 Å². The van der Waals surface area contributed by atoms with Crippen LogP contribution in [0.5, 0.6) is 0 Å². The summed E-state index contributed by atoms with van der Waals surface area (Å²) in [7, 11) is 0. The number of nitrogens with two attached hydrogens (primary N) is 1. The van der Waals surface area contributed by atoms with Gasteiger partial charge in [-0.25, -0.2) is 4.21 Å². The maximum absolute atomic E-state index is 10.8. The molecule has 0 aromatic rings. The van der Waals surface area contributed by atoms with Crippen molar-refractivity contribution >= 4 is 22.6 Å². The van der Waals surface area contributed by atoms with Crippen LogP contribution >= 0.6 is 0 Å². The van der Waals surface area contributed by atoms with Crippen LogP contribution in [0.2, 0.25) is 0 Å². The Morgan fingerprint density at radius 2 is 2.15 bits per heavy atom. The van der Waals surface area contributed by atoms with Crippen molar-refractivity contribution in [2.75, 3.05) is 6.54 Å². The molecule has 0 rings (SSSR count). The minimum atomic E-state index is -1.90. The number of hydrogen-bond donors (Lipinski definition) is 2. The summed E-state index contributed by atoms with van der Waals surface area (Å²) in [5.74, 6) is -0.529. The zero-order chi connectivity index (χ0) is 10.1. The lowest BCUT2D eigenvalue weighted by atomic mass is 10.2. The zero-order valence-corrected chi connectivity index (χ0v) is 8.14. The van der Waals surface area contributed by atoms with Gasteiger partial charge in [-0.3, -0.25) is 10.2 Å². The van der Waals surface area contributed by atoms with Gasteiger partial charge in [-0.2, -0.15) is 0 Å². The van der Waals surface area contributed by atoms with Crippen molar-refractivity contribution in [2.45, 2.75) is 25.7 Å². The van der Waals surface area contributed by atoms with Crippen LogP contribution in [0.3, 0.4) is 0 Å². The molecule has 0 heterocycles. The van der Waals surface area contributed by atoms with E-state index in [0.29, 0.717) is 18.5 Å². The standard InChI is InChI=1S/C7H14N2O3S/c8-5-3-1-2-4-7(10)12-13(11)6-9/h6,9H,1-5,8H2. The summed E-state index contributed by atoms with van der Waals surface area (Å²) in [5.41, 5.74) is 5.83. The molecule has 76 valence electrons. The molecule has 0 aliphatic carbocycles. The van der Waals surface area contributed by atoms with Gasteiger partial charge in [-0.05, 0) is 19.4 Å². The van der Waals surface area contributed by atoms with Crippen LogP contribution in [0, 0.1) is 5.41 Å². The van der Waals surface area contributed by atoms with E-state index in [0.717, 1.165) is 12.8 Å². The quantitative estimate of drug-likeness (QED) is 0.356. The molecule has 0 aromatic carbocycles. The second-order valence-electron chi connectivity index (χ2n) is 2.43. The fraction of sp³-hybridized carbons (Fsp3) is 0.714. The van der Waals surface area contributed by atoms with Crippen molar-refractivity contribution in [3.8, 4) is 0 Å². The van der Waals surface area contributed by atoms with Gasteiger partial charge in [-0.1, -0.05) is 6.42 Å². The van der Waals surface area contributed by atoms with E-state index in [4.69, 9.17) is 11.1 Å². The lowest BCUT2D eigenvalue weighted by Gasteiger charge is -1.99. The minimum Gasteiger partial charge on any atom is -0.360 e. The van der Waals surface area contributed by atoms with Crippen LogP contribution in [0.15, 0.2) is 0 Å². The summed E-state index contributed by atoms with van der Waals surface area (Å²) in [6.07, 6.45) is 2.66. The lowest BCUT2D eigenvalue weighted by molar-refractivity contribution is -0.133. The zero-order valence-electron chi connectivity index (χ0n) is 7.32. The van der Waals surface area contributed by atoms with Crippen LogP contribution in [0.4, 0.5) is 0 Å². The summed E-state index contributed by atoms with van der Waals surface area (Å²) in [6, 6.07) is 0. The molecule has 6 heteroatoms. The molecular formula is C7H14N2O3S. The first-order valence-electron chi connectivity index (χ1n) is 4.03. The van der Waals surface area contributed by atoms with Crippen LogP contribution in [-0.2, 0) is 20.1 Å². The average molecular weight is 206 g/mol. The second kappa shape index (κ2) is 7.88. The predicted molar refractivity (Wildman–Crippen MR) is 50.5 cm³/mol. The topological polar surface area (TPSA) is 93.2 Å². The predicted octanol–water partition coefficient (Wildman–Crippen LogP) is 0.319. The molecule has 0 fully saturated rings. The number of hydrogen-bond acceptors (Lipinski definition) is 5. The van der Waals surface area contributed by atoms with Crippen molar-refractivity contribution < 1.29 is 13.2 Å². The van der Waals surface area contributed by atoms with Crippen molar-refractivity contribution in [3.05, 3.63) is 0 Å². The van der Waals surface area contributed by atoms with Gasteiger partial charge >= 0.3 is 5.97 Å². The molecule has 0 spiro atoms. The van der Waals surface area contributed by atoms with E-state index in [1.165, 1.54) is 0 Å². The molecular weight excluding hydrogens is 192 g/mol. The van der Waals surface area contributed by atoms with Gasteiger partial charge in [0.05, 0.1) is 0 Å². The fourth-order valence-electron chi connectivity index (χ4n) is 0.748. The van der Waals surface area contributed by atoms with E-state index in [1.807, 2.05) is 0 Å². The van der Waals surface area contributed by atoms with E-state index in [-0.39, 0.29) is 6.42 Å². The van der Waals surface area contributed by atoms with Gasteiger partial charge in [0.2, 0.25) is 0 Å². The van der Waals surface area contributed by atoms with Gasteiger partial charge in [0, 0.05) is 6.42 Å². The molecule has 13 heavy (non-hydrogen) atoms. The highest BCUT2D eigenvalue weighted by molar-refractivity contribution is 7.94. The molecule has 0 saturated heterocycles. The van der Waals surface area contributed by atoms with E-state index < -0.39 is 17.0 Å². The van der Waals surface area contributed by atoms with Crippen LogP contribution in [-0.4, -0.2) is 22.3 Å². The van der Waals surface area contributed by atoms with Gasteiger partial charge < -0.3 is 9.92 Å². The smallest absolute Gasteiger partial charge is 0.320 e. The Labute approximate surface area is 79.8 Å². The third kappa shape index (κ3) is 7.61. The largest absolute Gasteiger partial charge is 0.360 e. The molecule has 5 nitrogen and oxygen atoms in total. The summed E-state index contributed by atoms with van der Waals surface area (Å²) in [5, 5.41) is 6.53. The number of unbranched alkanes of at least 4 members (excludes halogenated alkanes) is 2. The molecule has 0 aliphatic rings. The Morgan fingerprint density at radius 1 is 1.46 bits per heavy atom. The molecule has 0 amide bonds. The molecule has 0 aromatic heterocycles. The van der Waals surface area contributed by atoms with E-state index in [2.05, 4.69) is 4.18 Å². The SMILES string of the molecule is N=CS(=O)OC(=O)CCCCCN. The first kappa shape index (κ1) is 12.2. The van der Waals surface area contributed by atoms with Gasteiger partial charge in [0.15, 0.2) is 0 Å². The Morgan fingerprint density at radius 3 is 2.69 bits per heavy atom. The summed E-state index contributed by atoms with van der Waals surface area (Å²) < 4.78 is 14.9. The third-order valence-electron chi connectivity index (χ3n) is 1.36. The minimum absolute atomic E-state index is 0.236. The molecule has 0 saturated carbocycles. The highest BCUT2D eigenvalue weighted by atomic mass is 32.2. The van der Waals surface area contributed by atoms with Crippen LogP contribution in [0.1, 0.15) is 25.7 Å². The highest BCUT2D eigenvalue weighted by Crippen LogP contribution is 2.00. The first-order chi connectivity index (χ1) is 6.20. The van der Waals surface area contributed by atoms with Gasteiger partial charge in [-0.15, -0.1) is 0 Å². The summed E-state index contributed by atoms with van der Waals surface area (Å²) in [6.45, 7) is 0.613. The Kier molecular flexibility index (Phi) is 7.42. The van der Waals surface area contributed by atoms with Crippen LogP contribution in [0.25, 0.3) is 0 Å². The van der Waals surface area contributed by atoms with Gasteiger partial charge in [0.1, 0.15) is 5.55 Å². The molecule has 1 unspecified atom stereocenters. The summed E-state index contributed by atoms with van der Waals surface area (Å²) >= 11 is -1.90. The molecule has 0 bridgehead atoms. The van der Waals surface area contributed by atoms with E-state index in [9.17, 15) is 9.00 Å². The number of carbonyl (C=O) groups excluding carboxylic acids is 1. The van der Waals surface area contributed by atoms with Crippen molar-refractivity contribution in [3.63, 3.8) is 0 Å². The van der Waals surface area contributed by atoms with Crippen molar-refractivity contribution in [1.82, 2.24) is 0 Å². The number of rotatable bonds is 7. The highest BCUT2D eigenvalue weighted by Gasteiger charge is 2.05. The summed E-state index contributed by atoms with van der Waals surface area (Å²) in [4.78, 5) is 10.8. The average Bonchev–Trinajstić information content (AvgIpc) is 2.12. The fourth-order valence-corrected chi connectivity index (χ4v) is 1.06. The molecule has 3 N–H and O–H groups in total. The number of nitrogens with one attached hydrogen (secondary N) is 1. The maximum atomic E-state index is 10.8. The van der Waals surface area contributed by atoms with E-state index in [1.54, 1.807) is 0 Å². The Bertz CT molecular complexity index is 196. The number of carbonyl (C=O) groups is 1. The monoisotopic (exact) mass is 206 g/mol.